The van der Waals surface area contributed by atoms with E-state index in [9.17, 15) is 0 Å². The summed E-state index contributed by atoms with van der Waals surface area (Å²) in [5.41, 5.74) is 2.70. The number of benzene rings is 2. The number of allylic oxidation sites excluding steroid dienone is 1. The maximum Gasteiger partial charge on any atom is 0.0366 e. The Morgan fingerprint density at radius 3 is 2.20 bits per heavy atom. The van der Waals surface area contributed by atoms with E-state index in [4.69, 9.17) is 0 Å². The number of nitrogens with zero attached hydrogens (tertiary/aromatic N) is 1. The fourth-order valence-electron chi connectivity index (χ4n) is 2.21. The summed E-state index contributed by atoms with van der Waals surface area (Å²) in [7, 11) is 2.13. The van der Waals surface area contributed by atoms with Crippen molar-refractivity contribution >= 4 is 5.69 Å². The smallest absolute Gasteiger partial charge is 0.0366 e. The highest BCUT2D eigenvalue weighted by Gasteiger charge is 1.95. The second kappa shape index (κ2) is 8.21. The third kappa shape index (κ3) is 4.93. The first-order chi connectivity index (χ1) is 9.86. The molecule has 2 aromatic carbocycles. The van der Waals surface area contributed by atoms with Gasteiger partial charge in [-0.3, -0.25) is 0 Å². The van der Waals surface area contributed by atoms with Crippen LogP contribution in [0.2, 0.25) is 0 Å². The molecule has 0 fully saturated rings. The molecule has 1 heteroatoms. The number of rotatable bonds is 7. The van der Waals surface area contributed by atoms with Crippen molar-refractivity contribution in [2.24, 2.45) is 0 Å². The second-order valence-corrected chi connectivity index (χ2v) is 5.07. The average molecular weight is 265 g/mol. The minimum Gasteiger partial charge on any atom is -0.371 e. The molecule has 0 saturated heterocycles. The van der Waals surface area contributed by atoms with Gasteiger partial charge >= 0.3 is 0 Å². The van der Waals surface area contributed by atoms with Crippen LogP contribution in [-0.4, -0.2) is 13.6 Å². The van der Waals surface area contributed by atoms with Crippen molar-refractivity contribution in [1.82, 2.24) is 0 Å². The van der Waals surface area contributed by atoms with Crippen molar-refractivity contribution in [3.63, 3.8) is 0 Å². The summed E-state index contributed by atoms with van der Waals surface area (Å²) in [6.45, 7) is 0.968. The average Bonchev–Trinajstić information content (AvgIpc) is 2.52. The summed E-state index contributed by atoms with van der Waals surface area (Å²) in [6.07, 6.45) is 8.09. The summed E-state index contributed by atoms with van der Waals surface area (Å²) in [5, 5.41) is 0. The zero-order valence-corrected chi connectivity index (χ0v) is 12.2. The SMILES string of the molecule is CN(C/C=C/CCCc1ccccc1)c1ccccc1. The molecule has 0 aromatic heterocycles. The molecule has 0 spiro atoms. The number of likely N-dealkylation sites (N-methyl/N-ethyl adjacent to an activating group) is 1. The van der Waals surface area contributed by atoms with E-state index >= 15 is 0 Å². The summed E-state index contributed by atoms with van der Waals surface area (Å²) < 4.78 is 0. The second-order valence-electron chi connectivity index (χ2n) is 5.07. The molecular formula is C19H23N. The normalized spacial score (nSPS) is 10.8. The largest absolute Gasteiger partial charge is 0.371 e. The minimum absolute atomic E-state index is 0.968. The van der Waals surface area contributed by atoms with Gasteiger partial charge in [0, 0.05) is 19.3 Å². The van der Waals surface area contributed by atoms with E-state index in [1.165, 1.54) is 24.1 Å². The third-order valence-corrected chi connectivity index (χ3v) is 3.42. The van der Waals surface area contributed by atoms with Crippen molar-refractivity contribution in [1.29, 1.82) is 0 Å². The molecule has 1 nitrogen and oxygen atoms in total. The van der Waals surface area contributed by atoms with Gasteiger partial charge < -0.3 is 4.90 Å². The minimum atomic E-state index is 0.968. The van der Waals surface area contributed by atoms with Gasteiger partial charge in [0.1, 0.15) is 0 Å². The number of para-hydroxylation sites is 1. The molecule has 0 heterocycles. The molecule has 0 aliphatic rings. The van der Waals surface area contributed by atoms with Crippen LogP contribution in [0.3, 0.4) is 0 Å². The zero-order valence-electron chi connectivity index (χ0n) is 12.2. The van der Waals surface area contributed by atoms with Gasteiger partial charge in [-0.1, -0.05) is 60.7 Å². The summed E-state index contributed by atoms with van der Waals surface area (Å²) in [4.78, 5) is 2.26. The van der Waals surface area contributed by atoms with Gasteiger partial charge in [0.05, 0.1) is 0 Å². The van der Waals surface area contributed by atoms with Gasteiger partial charge in [0.2, 0.25) is 0 Å². The van der Waals surface area contributed by atoms with Crippen molar-refractivity contribution < 1.29 is 0 Å². The van der Waals surface area contributed by atoms with Crippen LogP contribution in [0.15, 0.2) is 72.8 Å². The van der Waals surface area contributed by atoms with E-state index in [1.807, 2.05) is 0 Å². The maximum atomic E-state index is 2.29. The topological polar surface area (TPSA) is 3.24 Å². The monoisotopic (exact) mass is 265 g/mol. The number of aryl methyl sites for hydroxylation is 1. The van der Waals surface area contributed by atoms with E-state index in [-0.39, 0.29) is 0 Å². The Morgan fingerprint density at radius 1 is 0.850 bits per heavy atom. The molecule has 0 unspecified atom stereocenters. The predicted octanol–water partition coefficient (Wildman–Crippen LogP) is 4.70. The van der Waals surface area contributed by atoms with Crippen LogP contribution >= 0.6 is 0 Å². The number of anilines is 1. The highest BCUT2D eigenvalue weighted by Crippen LogP contribution is 2.10. The van der Waals surface area contributed by atoms with E-state index in [0.29, 0.717) is 0 Å². The first-order valence-electron chi connectivity index (χ1n) is 7.31. The first kappa shape index (κ1) is 14.4. The molecular weight excluding hydrogens is 242 g/mol. The molecule has 20 heavy (non-hydrogen) atoms. The van der Waals surface area contributed by atoms with Crippen molar-refractivity contribution in [3.8, 4) is 0 Å². The Labute approximate surface area is 122 Å². The Bertz CT molecular complexity index is 502. The summed E-state index contributed by atoms with van der Waals surface area (Å²) >= 11 is 0. The van der Waals surface area contributed by atoms with Gasteiger partial charge in [-0.25, -0.2) is 0 Å². The molecule has 104 valence electrons. The van der Waals surface area contributed by atoms with Crippen molar-refractivity contribution in [2.45, 2.75) is 19.3 Å². The highest BCUT2D eigenvalue weighted by atomic mass is 15.1. The van der Waals surface area contributed by atoms with Crippen LogP contribution in [0.25, 0.3) is 0 Å². The molecule has 0 radical (unpaired) electrons. The molecule has 0 saturated carbocycles. The lowest BCUT2D eigenvalue weighted by atomic mass is 10.1. The Balaban J connectivity index is 1.65. The molecule has 0 N–H and O–H groups in total. The van der Waals surface area contributed by atoms with Crippen LogP contribution in [-0.2, 0) is 6.42 Å². The van der Waals surface area contributed by atoms with Gasteiger partial charge in [-0.05, 0) is 37.0 Å². The number of hydrogen-bond acceptors (Lipinski definition) is 1. The Morgan fingerprint density at radius 2 is 1.50 bits per heavy atom. The van der Waals surface area contributed by atoms with Crippen LogP contribution in [0, 0.1) is 0 Å². The lowest BCUT2D eigenvalue weighted by Crippen LogP contribution is -2.16. The lowest BCUT2D eigenvalue weighted by Gasteiger charge is -2.16. The highest BCUT2D eigenvalue weighted by molar-refractivity contribution is 5.45. The van der Waals surface area contributed by atoms with Crippen LogP contribution in [0.5, 0.6) is 0 Å². The van der Waals surface area contributed by atoms with Gasteiger partial charge in [-0.2, -0.15) is 0 Å². The molecule has 0 aliphatic heterocycles. The standard InChI is InChI=1S/C19H23N/c1-20(19-15-9-5-10-16-19)17-11-3-2-6-12-18-13-7-4-8-14-18/h3-5,7-11,13-16H,2,6,12,17H2,1H3/b11-3+. The van der Waals surface area contributed by atoms with E-state index in [1.54, 1.807) is 0 Å². The van der Waals surface area contributed by atoms with Gasteiger partial charge in [-0.15, -0.1) is 0 Å². The Hall–Kier alpha value is -2.02. The summed E-state index contributed by atoms with van der Waals surface area (Å²) in [5.74, 6) is 0. The van der Waals surface area contributed by atoms with Gasteiger partial charge in [0.15, 0.2) is 0 Å². The number of unbranched alkanes of at least 4 members (excludes halogenated alkanes) is 1. The van der Waals surface area contributed by atoms with Crippen LogP contribution < -0.4 is 4.90 Å². The molecule has 0 atom stereocenters. The summed E-state index contributed by atoms with van der Waals surface area (Å²) in [6, 6.07) is 21.2. The zero-order chi connectivity index (χ0) is 14.0. The molecule has 0 amide bonds. The fraction of sp³-hybridized carbons (Fsp3) is 0.263. The van der Waals surface area contributed by atoms with Gasteiger partial charge in [0.25, 0.3) is 0 Å². The predicted molar refractivity (Wildman–Crippen MR) is 88.2 cm³/mol. The quantitative estimate of drug-likeness (QED) is 0.518. The molecule has 0 aliphatic carbocycles. The van der Waals surface area contributed by atoms with Crippen LogP contribution in [0.1, 0.15) is 18.4 Å². The fourth-order valence-corrected chi connectivity index (χ4v) is 2.21. The number of hydrogen-bond donors (Lipinski definition) is 0. The van der Waals surface area contributed by atoms with E-state index < -0.39 is 0 Å². The molecule has 2 aromatic rings. The lowest BCUT2D eigenvalue weighted by molar-refractivity contribution is 0.840. The first-order valence-corrected chi connectivity index (χ1v) is 7.31. The van der Waals surface area contributed by atoms with Crippen LogP contribution in [0.4, 0.5) is 5.69 Å². The Kier molecular flexibility index (Phi) is 5.91. The van der Waals surface area contributed by atoms with Crippen molar-refractivity contribution in [2.75, 3.05) is 18.5 Å². The maximum absolute atomic E-state index is 2.29. The molecule has 2 rings (SSSR count). The molecule has 0 bridgehead atoms. The third-order valence-electron chi connectivity index (χ3n) is 3.42. The van der Waals surface area contributed by atoms with E-state index in [0.717, 1.165) is 13.0 Å². The van der Waals surface area contributed by atoms with Crippen molar-refractivity contribution in [3.05, 3.63) is 78.4 Å². The van der Waals surface area contributed by atoms with E-state index in [2.05, 4.69) is 84.8 Å².